The number of nitrogen functional groups attached to an aromatic ring is 1. The number of halogens is 2. The maximum Gasteiger partial charge on any atom is 0.201 e. The summed E-state index contributed by atoms with van der Waals surface area (Å²) in [6.07, 6.45) is 4.19. The summed E-state index contributed by atoms with van der Waals surface area (Å²) in [5.74, 6) is -0.250. The van der Waals surface area contributed by atoms with Crippen molar-refractivity contribution in [3.63, 3.8) is 0 Å². The zero-order chi connectivity index (χ0) is 13.6. The van der Waals surface area contributed by atoms with Crippen LogP contribution in [0.15, 0.2) is 12.1 Å². The number of hydrogen-bond donors (Lipinski definition) is 1. The fourth-order valence-electron chi connectivity index (χ4n) is 3.02. The highest BCUT2D eigenvalue weighted by atomic mass is 19.1. The van der Waals surface area contributed by atoms with Crippen LogP contribution in [0.4, 0.5) is 14.7 Å². The second-order valence-corrected chi connectivity index (χ2v) is 5.51. The largest absolute Gasteiger partial charge is 0.369 e. The van der Waals surface area contributed by atoms with Crippen LogP contribution in [0, 0.1) is 17.6 Å². The van der Waals surface area contributed by atoms with Crippen molar-refractivity contribution >= 4 is 17.0 Å². The SMILES string of the molecule is CC1CCC(n2c(N)nc3c(F)cc(F)cc32)CC1. The van der Waals surface area contributed by atoms with Crippen LogP contribution in [0.25, 0.3) is 11.0 Å². The molecule has 1 saturated carbocycles. The van der Waals surface area contributed by atoms with Crippen molar-refractivity contribution in [3.8, 4) is 0 Å². The maximum absolute atomic E-state index is 13.7. The van der Waals surface area contributed by atoms with E-state index in [0.717, 1.165) is 31.7 Å². The van der Waals surface area contributed by atoms with E-state index in [4.69, 9.17) is 5.73 Å². The fourth-order valence-corrected chi connectivity index (χ4v) is 3.02. The molecule has 0 atom stereocenters. The molecule has 0 radical (unpaired) electrons. The van der Waals surface area contributed by atoms with Gasteiger partial charge in [-0.3, -0.25) is 0 Å². The first-order valence-corrected chi connectivity index (χ1v) is 6.68. The summed E-state index contributed by atoms with van der Waals surface area (Å²) in [5, 5.41) is 0. The van der Waals surface area contributed by atoms with E-state index in [2.05, 4.69) is 11.9 Å². The Hall–Kier alpha value is -1.65. The molecule has 0 unspecified atom stereocenters. The van der Waals surface area contributed by atoms with E-state index in [1.807, 2.05) is 0 Å². The second-order valence-electron chi connectivity index (χ2n) is 5.51. The van der Waals surface area contributed by atoms with Crippen LogP contribution in [0.3, 0.4) is 0 Å². The third-order valence-electron chi connectivity index (χ3n) is 4.09. The minimum Gasteiger partial charge on any atom is -0.369 e. The first kappa shape index (κ1) is 12.4. The molecule has 0 saturated heterocycles. The number of nitrogens with zero attached hydrogens (tertiary/aromatic N) is 2. The molecule has 3 rings (SSSR count). The lowest BCUT2D eigenvalue weighted by atomic mass is 9.87. The molecule has 0 aliphatic heterocycles. The molecule has 0 spiro atoms. The van der Waals surface area contributed by atoms with Gasteiger partial charge in [-0.15, -0.1) is 0 Å². The zero-order valence-corrected chi connectivity index (χ0v) is 10.9. The van der Waals surface area contributed by atoms with E-state index in [9.17, 15) is 8.78 Å². The van der Waals surface area contributed by atoms with Gasteiger partial charge in [0, 0.05) is 18.2 Å². The predicted octanol–water partition coefficient (Wildman–Crippen LogP) is 3.65. The molecule has 1 heterocycles. The van der Waals surface area contributed by atoms with Gasteiger partial charge in [-0.1, -0.05) is 6.92 Å². The van der Waals surface area contributed by atoms with Gasteiger partial charge in [-0.2, -0.15) is 0 Å². The topological polar surface area (TPSA) is 43.8 Å². The number of anilines is 1. The molecule has 1 aromatic heterocycles. The highest BCUT2D eigenvalue weighted by molar-refractivity contribution is 5.79. The quantitative estimate of drug-likeness (QED) is 0.855. The lowest BCUT2D eigenvalue weighted by molar-refractivity contribution is 0.296. The van der Waals surface area contributed by atoms with Crippen LogP contribution >= 0.6 is 0 Å². The van der Waals surface area contributed by atoms with E-state index in [1.54, 1.807) is 4.57 Å². The molecule has 1 aliphatic carbocycles. The third kappa shape index (κ3) is 2.07. The van der Waals surface area contributed by atoms with Crippen molar-refractivity contribution in [2.45, 2.75) is 38.6 Å². The number of hydrogen-bond acceptors (Lipinski definition) is 2. The minimum absolute atomic E-state index is 0.164. The van der Waals surface area contributed by atoms with Gasteiger partial charge in [0.1, 0.15) is 11.3 Å². The van der Waals surface area contributed by atoms with Gasteiger partial charge in [0.2, 0.25) is 5.95 Å². The van der Waals surface area contributed by atoms with Crippen LogP contribution in [0.1, 0.15) is 38.6 Å². The Labute approximate surface area is 110 Å². The van der Waals surface area contributed by atoms with Crippen LogP contribution < -0.4 is 5.73 Å². The van der Waals surface area contributed by atoms with Gasteiger partial charge in [0.05, 0.1) is 5.52 Å². The summed E-state index contributed by atoms with van der Waals surface area (Å²) >= 11 is 0. The minimum atomic E-state index is -0.648. The Bertz CT molecular complexity index is 613. The molecule has 0 amide bonds. The lowest BCUT2D eigenvalue weighted by Crippen LogP contribution is -2.18. The summed E-state index contributed by atoms with van der Waals surface area (Å²) in [6.45, 7) is 2.23. The molecule has 102 valence electrons. The monoisotopic (exact) mass is 265 g/mol. The van der Waals surface area contributed by atoms with Crippen molar-refractivity contribution < 1.29 is 8.78 Å². The molecule has 19 heavy (non-hydrogen) atoms. The van der Waals surface area contributed by atoms with E-state index < -0.39 is 11.6 Å². The number of imidazole rings is 1. The maximum atomic E-state index is 13.7. The number of fused-ring (bicyclic) bond motifs is 1. The second kappa shape index (κ2) is 4.47. The summed E-state index contributed by atoms with van der Waals surface area (Å²) in [5.41, 5.74) is 6.53. The molecule has 1 fully saturated rings. The molecule has 0 bridgehead atoms. The van der Waals surface area contributed by atoms with Crippen LogP contribution in [0.5, 0.6) is 0 Å². The molecule has 3 nitrogen and oxygen atoms in total. The van der Waals surface area contributed by atoms with Crippen LogP contribution in [0.2, 0.25) is 0 Å². The first-order chi connectivity index (χ1) is 9.06. The molecule has 2 aromatic rings. The van der Waals surface area contributed by atoms with E-state index in [0.29, 0.717) is 11.4 Å². The van der Waals surface area contributed by atoms with Gasteiger partial charge in [-0.25, -0.2) is 13.8 Å². The standard InChI is InChI=1S/C14H17F2N3/c1-8-2-4-10(5-3-8)19-12-7-9(15)6-11(16)13(12)18-14(19)17/h6-8,10H,2-5H2,1H3,(H2,17,18). The normalized spacial score (nSPS) is 23.9. The van der Waals surface area contributed by atoms with Gasteiger partial charge in [-0.05, 0) is 31.6 Å². The van der Waals surface area contributed by atoms with Crippen LogP contribution in [-0.4, -0.2) is 9.55 Å². The molecule has 5 heteroatoms. The van der Waals surface area contributed by atoms with Crippen molar-refractivity contribution in [1.29, 1.82) is 0 Å². The average Bonchev–Trinajstić information content (AvgIpc) is 2.67. The van der Waals surface area contributed by atoms with Gasteiger partial charge in [0.25, 0.3) is 0 Å². The molecule has 1 aromatic carbocycles. The Kier molecular flexibility index (Phi) is 2.92. The number of benzene rings is 1. The molecular formula is C14H17F2N3. The Morgan fingerprint density at radius 2 is 1.89 bits per heavy atom. The van der Waals surface area contributed by atoms with Crippen molar-refractivity contribution in [3.05, 3.63) is 23.8 Å². The first-order valence-electron chi connectivity index (χ1n) is 6.68. The fraction of sp³-hybridized carbons (Fsp3) is 0.500. The van der Waals surface area contributed by atoms with Crippen molar-refractivity contribution in [2.75, 3.05) is 5.73 Å². The number of nitrogens with two attached hydrogens (primary N) is 1. The summed E-state index contributed by atoms with van der Waals surface area (Å²) in [7, 11) is 0. The lowest BCUT2D eigenvalue weighted by Gasteiger charge is -2.28. The van der Waals surface area contributed by atoms with Gasteiger partial charge >= 0.3 is 0 Å². The highest BCUT2D eigenvalue weighted by Gasteiger charge is 2.24. The summed E-state index contributed by atoms with van der Waals surface area (Å²) in [6, 6.07) is 2.37. The smallest absolute Gasteiger partial charge is 0.201 e. The molecule has 2 N–H and O–H groups in total. The Morgan fingerprint density at radius 3 is 2.58 bits per heavy atom. The summed E-state index contributed by atoms with van der Waals surface area (Å²) in [4.78, 5) is 4.05. The van der Waals surface area contributed by atoms with Crippen molar-refractivity contribution in [2.24, 2.45) is 5.92 Å². The number of aromatic nitrogens is 2. The van der Waals surface area contributed by atoms with Crippen LogP contribution in [-0.2, 0) is 0 Å². The number of rotatable bonds is 1. The summed E-state index contributed by atoms with van der Waals surface area (Å²) < 4.78 is 28.9. The van der Waals surface area contributed by atoms with Gasteiger partial charge in [0.15, 0.2) is 5.82 Å². The Morgan fingerprint density at radius 1 is 1.21 bits per heavy atom. The molecule has 1 aliphatic rings. The van der Waals surface area contributed by atoms with E-state index in [1.165, 1.54) is 6.07 Å². The third-order valence-corrected chi connectivity index (χ3v) is 4.09. The average molecular weight is 265 g/mol. The van der Waals surface area contributed by atoms with E-state index in [-0.39, 0.29) is 17.5 Å². The predicted molar refractivity (Wildman–Crippen MR) is 70.7 cm³/mol. The highest BCUT2D eigenvalue weighted by Crippen LogP contribution is 2.36. The molecular weight excluding hydrogens is 248 g/mol. The van der Waals surface area contributed by atoms with Crippen molar-refractivity contribution in [1.82, 2.24) is 9.55 Å². The Balaban J connectivity index is 2.10. The van der Waals surface area contributed by atoms with E-state index >= 15 is 0 Å². The van der Waals surface area contributed by atoms with Gasteiger partial charge < -0.3 is 10.3 Å². The zero-order valence-electron chi connectivity index (χ0n) is 10.9.